The lowest BCUT2D eigenvalue weighted by molar-refractivity contribution is 0.0958. The highest BCUT2D eigenvalue weighted by Gasteiger charge is 2.20. The Hall–Kier alpha value is -2.04. The lowest BCUT2D eigenvalue weighted by Gasteiger charge is -2.08. The molecule has 3 rings (SSSR count). The normalized spacial score (nSPS) is 11.0. The fraction of sp³-hybridized carbons (Fsp3) is 0.0667. The minimum absolute atomic E-state index is 0.126. The maximum Gasteiger partial charge on any atom is 0.282 e. The summed E-state index contributed by atoms with van der Waals surface area (Å²) in [5.41, 5.74) is 8.07. The molecule has 3 aromatic rings. The number of halogens is 2. The van der Waals surface area contributed by atoms with E-state index in [1.165, 1.54) is 6.20 Å². The molecule has 0 amide bonds. The molecule has 0 fully saturated rings. The van der Waals surface area contributed by atoms with Gasteiger partial charge < -0.3 is 5.73 Å². The zero-order chi connectivity index (χ0) is 15.1. The van der Waals surface area contributed by atoms with Crippen molar-refractivity contribution in [1.29, 1.82) is 0 Å². The maximum absolute atomic E-state index is 12.7. The van der Waals surface area contributed by atoms with Gasteiger partial charge in [-0.3, -0.25) is 9.36 Å². The molecule has 0 unspecified atom stereocenters. The number of anilines is 1. The quantitative estimate of drug-likeness (QED) is 0.691. The average molecular weight is 320 g/mol. The van der Waals surface area contributed by atoms with E-state index in [0.29, 0.717) is 10.7 Å². The summed E-state index contributed by atoms with van der Waals surface area (Å²) in [6.45, 7) is 1.84. The summed E-state index contributed by atoms with van der Waals surface area (Å²) >= 11 is 12.0. The first-order chi connectivity index (χ1) is 9.99. The Balaban J connectivity index is 2.22. The van der Waals surface area contributed by atoms with E-state index >= 15 is 0 Å². The Labute approximate surface area is 131 Å². The van der Waals surface area contributed by atoms with Crippen LogP contribution >= 0.6 is 23.2 Å². The predicted molar refractivity (Wildman–Crippen MR) is 85.1 cm³/mol. The van der Waals surface area contributed by atoms with Crippen LogP contribution in [0.2, 0.25) is 10.0 Å². The maximum atomic E-state index is 12.7. The van der Waals surface area contributed by atoms with Crippen molar-refractivity contribution in [2.75, 3.05) is 5.73 Å². The monoisotopic (exact) mass is 319 g/mol. The SMILES string of the molecule is Cc1cc2cc(N)ccc2n1C(=O)c1nccc(Cl)c1Cl. The molecule has 0 radical (unpaired) electrons. The molecule has 0 aliphatic rings. The molecule has 106 valence electrons. The molecular weight excluding hydrogens is 309 g/mol. The molecule has 21 heavy (non-hydrogen) atoms. The third kappa shape index (κ3) is 2.26. The number of aryl methyl sites for hydroxylation is 1. The van der Waals surface area contributed by atoms with Gasteiger partial charge in [0.05, 0.1) is 15.6 Å². The van der Waals surface area contributed by atoms with Crippen molar-refractivity contribution in [3.05, 3.63) is 58.0 Å². The number of nitrogens with two attached hydrogens (primary N) is 1. The third-order valence-corrected chi connectivity index (χ3v) is 4.05. The van der Waals surface area contributed by atoms with Crippen LogP contribution in [0.25, 0.3) is 10.9 Å². The predicted octanol–water partition coefficient (Wildman–Crippen LogP) is 3.92. The summed E-state index contributed by atoms with van der Waals surface area (Å²) in [6, 6.07) is 8.80. The van der Waals surface area contributed by atoms with Crippen molar-refractivity contribution < 1.29 is 4.79 Å². The van der Waals surface area contributed by atoms with Gasteiger partial charge >= 0.3 is 0 Å². The summed E-state index contributed by atoms with van der Waals surface area (Å²) in [7, 11) is 0. The van der Waals surface area contributed by atoms with Crippen molar-refractivity contribution in [3.8, 4) is 0 Å². The van der Waals surface area contributed by atoms with Gasteiger partial charge in [0.1, 0.15) is 5.69 Å². The number of rotatable bonds is 1. The number of carbonyl (C=O) groups is 1. The van der Waals surface area contributed by atoms with Gasteiger partial charge in [0.25, 0.3) is 5.91 Å². The van der Waals surface area contributed by atoms with E-state index < -0.39 is 0 Å². The van der Waals surface area contributed by atoms with E-state index in [4.69, 9.17) is 28.9 Å². The number of pyridine rings is 1. The number of hydrogen-bond acceptors (Lipinski definition) is 3. The second kappa shape index (κ2) is 5.06. The number of benzene rings is 1. The molecule has 2 aromatic heterocycles. The number of carbonyl (C=O) groups excluding carboxylic acids is 1. The second-order valence-corrected chi connectivity index (χ2v) is 5.49. The molecule has 0 saturated carbocycles. The van der Waals surface area contributed by atoms with E-state index in [1.54, 1.807) is 22.8 Å². The molecule has 0 spiro atoms. The Morgan fingerprint density at radius 2 is 2.00 bits per heavy atom. The molecule has 2 heterocycles. The summed E-state index contributed by atoms with van der Waals surface area (Å²) in [5.74, 6) is -0.320. The van der Waals surface area contributed by atoms with Gasteiger partial charge in [-0.15, -0.1) is 0 Å². The molecule has 0 aliphatic carbocycles. The van der Waals surface area contributed by atoms with Crippen LogP contribution < -0.4 is 5.73 Å². The molecule has 1 aromatic carbocycles. The Morgan fingerprint density at radius 1 is 1.24 bits per heavy atom. The van der Waals surface area contributed by atoms with Crippen LogP contribution in [0.15, 0.2) is 36.5 Å². The minimum atomic E-state index is -0.320. The molecule has 4 nitrogen and oxygen atoms in total. The van der Waals surface area contributed by atoms with Crippen LogP contribution in [0.4, 0.5) is 5.69 Å². The molecule has 0 bridgehead atoms. The topological polar surface area (TPSA) is 60.9 Å². The first-order valence-corrected chi connectivity index (χ1v) is 6.97. The van der Waals surface area contributed by atoms with Gasteiger partial charge in [-0.05, 0) is 37.3 Å². The smallest absolute Gasteiger partial charge is 0.282 e. The summed E-state index contributed by atoms with van der Waals surface area (Å²) in [6.07, 6.45) is 1.46. The minimum Gasteiger partial charge on any atom is -0.399 e. The number of aromatic nitrogens is 2. The van der Waals surface area contributed by atoms with Crippen molar-refractivity contribution in [1.82, 2.24) is 9.55 Å². The number of fused-ring (bicyclic) bond motifs is 1. The Morgan fingerprint density at radius 3 is 2.76 bits per heavy atom. The van der Waals surface area contributed by atoms with Gasteiger partial charge in [0.2, 0.25) is 0 Å². The number of hydrogen-bond donors (Lipinski definition) is 1. The van der Waals surface area contributed by atoms with Crippen molar-refractivity contribution in [2.24, 2.45) is 0 Å². The first-order valence-electron chi connectivity index (χ1n) is 6.21. The van der Waals surface area contributed by atoms with Crippen molar-refractivity contribution >= 4 is 45.7 Å². The van der Waals surface area contributed by atoms with Crippen molar-refractivity contribution in [3.63, 3.8) is 0 Å². The summed E-state index contributed by atoms with van der Waals surface area (Å²) in [5, 5.41) is 1.34. The molecule has 2 N–H and O–H groups in total. The highest BCUT2D eigenvalue weighted by atomic mass is 35.5. The van der Waals surface area contributed by atoms with E-state index in [0.717, 1.165) is 16.6 Å². The van der Waals surface area contributed by atoms with Crippen LogP contribution in [0.3, 0.4) is 0 Å². The fourth-order valence-corrected chi connectivity index (χ4v) is 2.66. The number of nitrogens with zero attached hydrogens (tertiary/aromatic N) is 2. The van der Waals surface area contributed by atoms with Crippen LogP contribution in [-0.4, -0.2) is 15.5 Å². The molecule has 0 atom stereocenters. The zero-order valence-electron chi connectivity index (χ0n) is 11.1. The summed E-state index contributed by atoms with van der Waals surface area (Å²) < 4.78 is 1.55. The van der Waals surface area contributed by atoms with Crippen LogP contribution in [-0.2, 0) is 0 Å². The van der Waals surface area contributed by atoms with E-state index in [2.05, 4.69) is 4.98 Å². The van der Waals surface area contributed by atoms with Gasteiger partial charge in [-0.2, -0.15) is 0 Å². The largest absolute Gasteiger partial charge is 0.399 e. The lowest BCUT2D eigenvalue weighted by atomic mass is 10.2. The highest BCUT2D eigenvalue weighted by molar-refractivity contribution is 6.43. The summed E-state index contributed by atoms with van der Waals surface area (Å²) in [4.78, 5) is 16.8. The van der Waals surface area contributed by atoms with Gasteiger partial charge in [0.15, 0.2) is 0 Å². The highest BCUT2D eigenvalue weighted by Crippen LogP contribution is 2.27. The standard InChI is InChI=1S/C15H11Cl2N3O/c1-8-6-9-7-10(18)2-3-12(9)20(8)15(21)14-13(17)11(16)4-5-19-14/h2-7H,18H2,1H3. The lowest BCUT2D eigenvalue weighted by Crippen LogP contribution is -2.15. The van der Waals surface area contributed by atoms with Gasteiger partial charge in [0, 0.05) is 23.0 Å². The van der Waals surface area contributed by atoms with E-state index in [9.17, 15) is 4.79 Å². The average Bonchev–Trinajstić information content (AvgIpc) is 2.76. The van der Waals surface area contributed by atoms with Crippen LogP contribution in [0, 0.1) is 6.92 Å². The number of nitrogen functional groups attached to an aromatic ring is 1. The molecule has 6 heteroatoms. The molecular formula is C15H11Cl2N3O. The van der Waals surface area contributed by atoms with Crippen molar-refractivity contribution in [2.45, 2.75) is 6.92 Å². The third-order valence-electron chi connectivity index (χ3n) is 3.26. The van der Waals surface area contributed by atoms with E-state index in [1.807, 2.05) is 19.1 Å². The Bertz CT molecular complexity index is 871. The zero-order valence-corrected chi connectivity index (χ0v) is 12.6. The fourth-order valence-electron chi connectivity index (χ4n) is 2.32. The van der Waals surface area contributed by atoms with E-state index in [-0.39, 0.29) is 16.6 Å². The van der Waals surface area contributed by atoms with Gasteiger partial charge in [-0.1, -0.05) is 23.2 Å². The second-order valence-electron chi connectivity index (χ2n) is 4.70. The first kappa shape index (κ1) is 13.9. The van der Waals surface area contributed by atoms with Gasteiger partial charge in [-0.25, -0.2) is 4.98 Å². The Kier molecular flexibility index (Phi) is 3.35. The molecule has 0 saturated heterocycles. The van der Waals surface area contributed by atoms with Crippen LogP contribution in [0.1, 0.15) is 16.2 Å². The molecule has 0 aliphatic heterocycles. The van der Waals surface area contributed by atoms with Crippen LogP contribution in [0.5, 0.6) is 0 Å².